The highest BCUT2D eigenvalue weighted by molar-refractivity contribution is 6.00. The molecule has 1 saturated heterocycles. The molecule has 1 amide bonds. The monoisotopic (exact) mass is 309 g/mol. The first kappa shape index (κ1) is 15.5. The molecule has 6 nitrogen and oxygen atoms in total. The zero-order chi connectivity index (χ0) is 16.2. The molecule has 122 valence electrons. The average molecular weight is 309 g/mol. The van der Waals surface area contributed by atoms with E-state index < -0.39 is 18.0 Å². The van der Waals surface area contributed by atoms with Crippen molar-refractivity contribution in [2.24, 2.45) is 11.8 Å². The van der Waals surface area contributed by atoms with Gasteiger partial charge in [0.2, 0.25) is 5.91 Å². The Labute approximate surface area is 129 Å². The molecule has 6 heteroatoms. The highest BCUT2D eigenvalue weighted by Crippen LogP contribution is 2.52. The minimum absolute atomic E-state index is 0.000833. The molecule has 2 aliphatic heterocycles. The molecular formula is C16H23NO5. The number of hydrogen-bond donors (Lipinski definition) is 2. The molecule has 2 N–H and O–H groups in total. The molecule has 2 heterocycles. The van der Waals surface area contributed by atoms with Crippen LogP contribution in [0.1, 0.15) is 40.0 Å². The number of nitrogens with zero attached hydrogens (tertiary/aromatic N) is 1. The predicted octanol–water partition coefficient (Wildman–Crippen LogP) is 1.14. The minimum Gasteiger partial charge on any atom is -0.477 e. The lowest BCUT2D eigenvalue weighted by molar-refractivity contribution is -0.163. The van der Waals surface area contributed by atoms with Crippen molar-refractivity contribution in [3.63, 3.8) is 0 Å². The minimum atomic E-state index is -1.07. The summed E-state index contributed by atoms with van der Waals surface area (Å²) in [6.07, 6.45) is 1.59. The maximum atomic E-state index is 12.3. The summed E-state index contributed by atoms with van der Waals surface area (Å²) in [6.45, 7) is 5.46. The molecule has 1 unspecified atom stereocenters. The first-order valence-corrected chi connectivity index (χ1v) is 7.98. The molecule has 3 rings (SSSR count). The first-order valence-electron chi connectivity index (χ1n) is 7.98. The van der Waals surface area contributed by atoms with Gasteiger partial charge < -0.3 is 19.8 Å². The van der Waals surface area contributed by atoms with Gasteiger partial charge in [-0.25, -0.2) is 4.79 Å². The first-order chi connectivity index (χ1) is 10.3. The highest BCUT2D eigenvalue weighted by atomic mass is 16.5. The Morgan fingerprint density at radius 1 is 1.32 bits per heavy atom. The zero-order valence-corrected chi connectivity index (χ0v) is 13.2. The van der Waals surface area contributed by atoms with Gasteiger partial charge in [0.05, 0.1) is 30.3 Å². The lowest BCUT2D eigenvalue weighted by Crippen LogP contribution is -2.64. The maximum absolute atomic E-state index is 12.3. The standard InChI is InChI=1S/C16H23NO5/c1-7(2)22-10-6-4-5-9-12(10)14(16(20)21)17-13(9)11(8(3)18)15(17)19/h7-11,13,18H,4-6H2,1-3H3,(H,20,21)/t8?,9-,10-,11+,13+/m0/s1. The van der Waals surface area contributed by atoms with Gasteiger partial charge in [-0.3, -0.25) is 4.79 Å². The summed E-state index contributed by atoms with van der Waals surface area (Å²) in [5.74, 6) is -1.84. The van der Waals surface area contributed by atoms with Crippen molar-refractivity contribution in [1.82, 2.24) is 4.90 Å². The summed E-state index contributed by atoms with van der Waals surface area (Å²) in [7, 11) is 0. The molecule has 1 aliphatic carbocycles. The summed E-state index contributed by atoms with van der Waals surface area (Å²) in [4.78, 5) is 25.4. The Hall–Kier alpha value is -1.40. The number of aliphatic hydroxyl groups excluding tert-OH is 1. The molecule has 2 fully saturated rings. The van der Waals surface area contributed by atoms with E-state index in [4.69, 9.17) is 4.74 Å². The van der Waals surface area contributed by atoms with Gasteiger partial charge >= 0.3 is 5.97 Å². The van der Waals surface area contributed by atoms with Crippen LogP contribution in [0.5, 0.6) is 0 Å². The van der Waals surface area contributed by atoms with E-state index in [9.17, 15) is 19.8 Å². The van der Waals surface area contributed by atoms with Crippen molar-refractivity contribution < 1.29 is 24.5 Å². The van der Waals surface area contributed by atoms with Crippen molar-refractivity contribution in [3.05, 3.63) is 11.3 Å². The van der Waals surface area contributed by atoms with Gasteiger partial charge in [0, 0.05) is 5.92 Å². The molecule has 3 aliphatic rings. The summed E-state index contributed by atoms with van der Waals surface area (Å²) in [5.41, 5.74) is 0.858. The van der Waals surface area contributed by atoms with Gasteiger partial charge in [-0.1, -0.05) is 0 Å². The van der Waals surface area contributed by atoms with Crippen molar-refractivity contribution >= 4 is 11.9 Å². The molecule has 0 aromatic heterocycles. The number of hydrogen-bond acceptors (Lipinski definition) is 4. The molecule has 5 atom stereocenters. The van der Waals surface area contributed by atoms with Crippen LogP contribution in [0.2, 0.25) is 0 Å². The van der Waals surface area contributed by atoms with Crippen LogP contribution in [0.3, 0.4) is 0 Å². The third-order valence-corrected chi connectivity index (χ3v) is 5.00. The lowest BCUT2D eigenvalue weighted by Gasteiger charge is -2.47. The summed E-state index contributed by atoms with van der Waals surface area (Å²) >= 11 is 0. The van der Waals surface area contributed by atoms with Gasteiger partial charge in [0.15, 0.2) is 0 Å². The van der Waals surface area contributed by atoms with E-state index >= 15 is 0 Å². The summed E-state index contributed by atoms with van der Waals surface area (Å²) in [5, 5.41) is 19.5. The van der Waals surface area contributed by atoms with E-state index in [-0.39, 0.29) is 35.8 Å². The number of fused-ring (bicyclic) bond motifs is 3. The molecule has 22 heavy (non-hydrogen) atoms. The van der Waals surface area contributed by atoms with Gasteiger partial charge in [-0.2, -0.15) is 0 Å². The Bertz CT molecular complexity index is 539. The van der Waals surface area contributed by atoms with Gasteiger partial charge in [-0.15, -0.1) is 0 Å². The quantitative estimate of drug-likeness (QED) is 0.761. The smallest absolute Gasteiger partial charge is 0.352 e. The van der Waals surface area contributed by atoms with Crippen molar-refractivity contribution in [3.8, 4) is 0 Å². The number of rotatable bonds is 4. The van der Waals surface area contributed by atoms with E-state index in [1.54, 1.807) is 6.92 Å². The molecule has 0 radical (unpaired) electrons. The van der Waals surface area contributed by atoms with Crippen LogP contribution < -0.4 is 0 Å². The Kier molecular flexibility index (Phi) is 3.77. The summed E-state index contributed by atoms with van der Waals surface area (Å²) in [6, 6.07) is -0.216. The second-order valence-electron chi connectivity index (χ2n) is 6.79. The molecule has 1 saturated carbocycles. The Morgan fingerprint density at radius 2 is 2.00 bits per heavy atom. The third-order valence-electron chi connectivity index (χ3n) is 5.00. The molecular weight excluding hydrogens is 286 g/mol. The van der Waals surface area contributed by atoms with Gasteiger partial charge in [-0.05, 0) is 45.6 Å². The van der Waals surface area contributed by atoms with Gasteiger partial charge in [0.1, 0.15) is 5.70 Å². The van der Waals surface area contributed by atoms with Crippen LogP contribution in [0, 0.1) is 11.8 Å². The Balaban J connectivity index is 2.00. The fourth-order valence-corrected chi connectivity index (χ4v) is 4.30. The SMILES string of the molecule is CC(C)O[C@H]1CCC[C@H]2C1=C(C(=O)O)N1C(=O)[C@H](C(C)O)[C@@H]21. The molecule has 0 spiro atoms. The fourth-order valence-electron chi connectivity index (χ4n) is 4.30. The topological polar surface area (TPSA) is 87.1 Å². The van der Waals surface area contributed by atoms with Crippen molar-refractivity contribution in [1.29, 1.82) is 0 Å². The van der Waals surface area contributed by atoms with E-state index in [0.29, 0.717) is 0 Å². The lowest BCUT2D eigenvalue weighted by atomic mass is 9.71. The van der Waals surface area contributed by atoms with Crippen LogP contribution in [0.15, 0.2) is 11.3 Å². The number of aliphatic carboxylic acids is 1. The third kappa shape index (κ3) is 2.08. The second kappa shape index (κ2) is 5.35. The second-order valence-corrected chi connectivity index (χ2v) is 6.79. The van der Waals surface area contributed by atoms with E-state index in [1.807, 2.05) is 13.8 Å². The number of carboxylic acid groups (broad SMARTS) is 1. The fraction of sp³-hybridized carbons (Fsp3) is 0.750. The zero-order valence-electron chi connectivity index (χ0n) is 13.2. The molecule has 0 bridgehead atoms. The number of amides is 1. The largest absolute Gasteiger partial charge is 0.477 e. The van der Waals surface area contributed by atoms with Crippen LogP contribution in [0.25, 0.3) is 0 Å². The summed E-state index contributed by atoms with van der Waals surface area (Å²) < 4.78 is 5.92. The van der Waals surface area contributed by atoms with E-state index in [2.05, 4.69) is 0 Å². The van der Waals surface area contributed by atoms with Gasteiger partial charge in [0.25, 0.3) is 0 Å². The highest BCUT2D eigenvalue weighted by Gasteiger charge is 2.62. The van der Waals surface area contributed by atoms with Crippen LogP contribution >= 0.6 is 0 Å². The average Bonchev–Trinajstić information content (AvgIpc) is 2.69. The number of carbonyl (C=O) groups excluding carboxylic acids is 1. The van der Waals surface area contributed by atoms with Crippen LogP contribution in [0.4, 0.5) is 0 Å². The number of carboxylic acids is 1. The maximum Gasteiger partial charge on any atom is 0.352 e. The van der Waals surface area contributed by atoms with Crippen molar-refractivity contribution in [2.45, 2.75) is 64.4 Å². The number of β-lactam (4-membered cyclic amide) rings is 1. The van der Waals surface area contributed by atoms with E-state index in [0.717, 1.165) is 24.8 Å². The van der Waals surface area contributed by atoms with Crippen molar-refractivity contribution in [2.75, 3.05) is 0 Å². The van der Waals surface area contributed by atoms with Crippen LogP contribution in [-0.4, -0.2) is 51.3 Å². The predicted molar refractivity (Wildman–Crippen MR) is 77.8 cm³/mol. The number of ether oxygens (including phenoxy) is 1. The molecule has 0 aromatic rings. The van der Waals surface area contributed by atoms with Crippen LogP contribution in [-0.2, 0) is 14.3 Å². The molecule has 0 aromatic carbocycles. The Morgan fingerprint density at radius 3 is 2.55 bits per heavy atom. The number of carbonyl (C=O) groups is 2. The number of aliphatic hydroxyl groups is 1. The normalized spacial score (nSPS) is 35.3. The van der Waals surface area contributed by atoms with E-state index in [1.165, 1.54) is 4.90 Å².